The lowest BCUT2D eigenvalue weighted by molar-refractivity contribution is -0.126. The van der Waals surface area contributed by atoms with Crippen molar-refractivity contribution in [2.24, 2.45) is 0 Å². The lowest BCUT2D eigenvalue weighted by Gasteiger charge is -2.26. The molecule has 0 radical (unpaired) electrons. The zero-order valence-electron chi connectivity index (χ0n) is 23.3. The second-order valence-electron chi connectivity index (χ2n) is 9.61. The standard InChI is InChI=1S/C29H27ClFN7O5/c1-15(27(40)35-23(13-39)18-6-19(31)9-20(7-18)42-2)38-12-17-5-4-16(8-21(17)28(38)41)26-22(30)11-32-29(37-26)36-24-10-25(43-3)34-14-33-24/h4-11,14-15,23,39H,12-13H2,1-3H3,(H,35,40)(H,32,33,34,36,37)/t15-,23-/m1/s1. The molecule has 0 spiro atoms. The quantitative estimate of drug-likeness (QED) is 0.243. The Morgan fingerprint density at radius 1 is 1.14 bits per heavy atom. The van der Waals surface area contributed by atoms with Crippen molar-refractivity contribution in [2.75, 3.05) is 26.1 Å². The van der Waals surface area contributed by atoms with E-state index in [2.05, 4.69) is 30.6 Å². The molecule has 0 aliphatic carbocycles. The van der Waals surface area contributed by atoms with Crippen LogP contribution in [0.1, 0.15) is 34.5 Å². The Bertz CT molecular complexity index is 1690. The molecule has 1 aliphatic heterocycles. The van der Waals surface area contributed by atoms with Crippen LogP contribution in [0.15, 0.2) is 55.0 Å². The zero-order valence-corrected chi connectivity index (χ0v) is 24.1. The van der Waals surface area contributed by atoms with Crippen molar-refractivity contribution in [1.29, 1.82) is 0 Å². The van der Waals surface area contributed by atoms with E-state index in [1.54, 1.807) is 31.2 Å². The summed E-state index contributed by atoms with van der Waals surface area (Å²) >= 11 is 6.43. The Morgan fingerprint density at radius 2 is 1.95 bits per heavy atom. The number of fused-ring (bicyclic) bond motifs is 1. The second kappa shape index (κ2) is 12.5. The number of aromatic nitrogens is 4. The van der Waals surface area contributed by atoms with Crippen molar-refractivity contribution < 1.29 is 28.6 Å². The van der Waals surface area contributed by atoms with Gasteiger partial charge in [-0.2, -0.15) is 0 Å². The third-order valence-corrected chi connectivity index (χ3v) is 7.20. The zero-order chi connectivity index (χ0) is 30.7. The fourth-order valence-corrected chi connectivity index (χ4v) is 4.82. The number of methoxy groups -OCH3 is 2. The third-order valence-electron chi connectivity index (χ3n) is 6.93. The Morgan fingerprint density at radius 3 is 2.70 bits per heavy atom. The van der Waals surface area contributed by atoms with Crippen LogP contribution in [0, 0.1) is 5.82 Å². The number of benzene rings is 2. The first-order valence-corrected chi connectivity index (χ1v) is 13.4. The van der Waals surface area contributed by atoms with Gasteiger partial charge < -0.3 is 30.1 Å². The van der Waals surface area contributed by atoms with E-state index >= 15 is 0 Å². The molecule has 2 atom stereocenters. The number of carbonyl (C=O) groups is 2. The number of nitrogens with zero attached hydrogens (tertiary/aromatic N) is 5. The summed E-state index contributed by atoms with van der Waals surface area (Å²) in [5.74, 6) is -0.212. The van der Waals surface area contributed by atoms with Gasteiger partial charge in [0.1, 0.15) is 29.8 Å². The van der Waals surface area contributed by atoms with Crippen LogP contribution in [0.3, 0.4) is 0 Å². The van der Waals surface area contributed by atoms with Crippen LogP contribution in [0.25, 0.3) is 11.3 Å². The smallest absolute Gasteiger partial charge is 0.255 e. The van der Waals surface area contributed by atoms with Crippen molar-refractivity contribution >= 4 is 35.2 Å². The number of ether oxygens (including phenoxy) is 2. The van der Waals surface area contributed by atoms with Crippen molar-refractivity contribution in [1.82, 2.24) is 30.2 Å². The SMILES string of the molecule is COc1cc(F)cc([C@@H](CO)NC(=O)[C@@H](C)N2Cc3ccc(-c4nc(Nc5cc(OC)ncn5)ncc4Cl)cc3C2=O)c1. The van der Waals surface area contributed by atoms with Crippen LogP contribution in [0.5, 0.6) is 11.6 Å². The van der Waals surface area contributed by atoms with E-state index in [0.717, 1.165) is 5.56 Å². The summed E-state index contributed by atoms with van der Waals surface area (Å²) in [5.41, 5.74) is 2.41. The molecule has 0 fully saturated rings. The summed E-state index contributed by atoms with van der Waals surface area (Å²) in [6, 6.07) is 8.94. The van der Waals surface area contributed by atoms with Crippen molar-refractivity contribution in [3.05, 3.63) is 82.5 Å². The van der Waals surface area contributed by atoms with Gasteiger partial charge in [0.2, 0.25) is 17.7 Å². The molecule has 1 aliphatic rings. The first-order valence-electron chi connectivity index (χ1n) is 13.1. The summed E-state index contributed by atoms with van der Waals surface area (Å²) in [6.07, 6.45) is 2.77. The summed E-state index contributed by atoms with van der Waals surface area (Å²) < 4.78 is 24.2. The first kappa shape index (κ1) is 29.6. The van der Waals surface area contributed by atoms with E-state index < -0.39 is 30.4 Å². The predicted molar refractivity (Wildman–Crippen MR) is 155 cm³/mol. The Labute approximate surface area is 250 Å². The highest BCUT2D eigenvalue weighted by Gasteiger charge is 2.35. The van der Waals surface area contributed by atoms with Crippen molar-refractivity contribution in [3.8, 4) is 22.9 Å². The van der Waals surface area contributed by atoms with E-state index in [-0.39, 0.29) is 29.2 Å². The predicted octanol–water partition coefficient (Wildman–Crippen LogP) is 3.68. The maximum absolute atomic E-state index is 14.0. The Hall–Kier alpha value is -4.88. The summed E-state index contributed by atoms with van der Waals surface area (Å²) in [4.78, 5) is 44.8. The maximum atomic E-state index is 14.0. The molecule has 0 unspecified atom stereocenters. The van der Waals surface area contributed by atoms with Crippen LogP contribution in [-0.4, -0.2) is 68.6 Å². The normalized spacial score (nSPS) is 13.7. The average molecular weight is 608 g/mol. The molecule has 2 aromatic heterocycles. The minimum Gasteiger partial charge on any atom is -0.497 e. The number of nitrogens with one attached hydrogen (secondary N) is 2. The van der Waals surface area contributed by atoms with Crippen LogP contribution in [-0.2, 0) is 11.3 Å². The van der Waals surface area contributed by atoms with Gasteiger partial charge >= 0.3 is 0 Å². The number of amides is 2. The van der Waals surface area contributed by atoms with Crippen LogP contribution in [0.2, 0.25) is 5.02 Å². The maximum Gasteiger partial charge on any atom is 0.255 e. The highest BCUT2D eigenvalue weighted by Crippen LogP contribution is 2.33. The molecule has 4 aromatic rings. The molecule has 5 rings (SSSR count). The lowest BCUT2D eigenvalue weighted by atomic mass is 10.0. The Balaban J connectivity index is 1.33. The monoisotopic (exact) mass is 607 g/mol. The number of rotatable bonds is 10. The van der Waals surface area contributed by atoms with Crippen LogP contribution in [0.4, 0.5) is 16.2 Å². The fourth-order valence-electron chi connectivity index (χ4n) is 4.62. The van der Waals surface area contributed by atoms with Gasteiger partial charge in [0.15, 0.2) is 0 Å². The molecule has 222 valence electrons. The fraction of sp³-hybridized carbons (Fsp3) is 0.241. The number of aliphatic hydroxyl groups excluding tert-OH is 1. The van der Waals surface area contributed by atoms with E-state index in [4.69, 9.17) is 21.1 Å². The molecule has 0 saturated carbocycles. The highest BCUT2D eigenvalue weighted by atomic mass is 35.5. The Kier molecular flexibility index (Phi) is 8.64. The minimum absolute atomic E-state index is 0.195. The van der Waals surface area contributed by atoms with E-state index in [0.29, 0.717) is 34.1 Å². The molecule has 0 bridgehead atoms. The molecule has 14 heteroatoms. The summed E-state index contributed by atoms with van der Waals surface area (Å²) in [7, 11) is 2.88. The van der Waals surface area contributed by atoms with Gasteiger partial charge in [-0.3, -0.25) is 9.59 Å². The van der Waals surface area contributed by atoms with Gasteiger partial charge in [0, 0.05) is 29.8 Å². The number of hydrogen-bond acceptors (Lipinski definition) is 10. The molecular weight excluding hydrogens is 581 g/mol. The molecular formula is C29H27ClFN7O5. The minimum atomic E-state index is -0.905. The van der Waals surface area contributed by atoms with Gasteiger partial charge in [-0.25, -0.2) is 24.3 Å². The molecule has 2 aromatic carbocycles. The van der Waals surface area contributed by atoms with E-state index in [1.807, 2.05) is 0 Å². The third kappa shape index (κ3) is 6.32. The number of aliphatic hydroxyl groups is 1. The van der Waals surface area contributed by atoms with Gasteiger partial charge in [-0.15, -0.1) is 0 Å². The molecule has 3 N–H and O–H groups in total. The molecule has 12 nitrogen and oxygen atoms in total. The molecule has 3 heterocycles. The van der Waals surface area contributed by atoms with Crippen molar-refractivity contribution in [3.63, 3.8) is 0 Å². The van der Waals surface area contributed by atoms with Crippen molar-refractivity contribution in [2.45, 2.75) is 25.6 Å². The van der Waals surface area contributed by atoms with Crippen LogP contribution < -0.4 is 20.1 Å². The van der Waals surface area contributed by atoms with Gasteiger partial charge in [0.25, 0.3) is 5.91 Å². The highest BCUT2D eigenvalue weighted by molar-refractivity contribution is 6.33. The van der Waals surface area contributed by atoms with Gasteiger partial charge in [-0.1, -0.05) is 23.7 Å². The number of hydrogen-bond donors (Lipinski definition) is 3. The van der Waals surface area contributed by atoms with E-state index in [1.165, 1.54) is 49.8 Å². The summed E-state index contributed by atoms with van der Waals surface area (Å²) in [6.45, 7) is 1.30. The second-order valence-corrected chi connectivity index (χ2v) is 10.0. The molecule has 0 saturated heterocycles. The largest absolute Gasteiger partial charge is 0.497 e. The van der Waals surface area contributed by atoms with Crippen LogP contribution >= 0.6 is 11.6 Å². The average Bonchev–Trinajstić information content (AvgIpc) is 3.35. The number of anilines is 2. The van der Waals surface area contributed by atoms with Gasteiger partial charge in [0.05, 0.1) is 43.8 Å². The van der Waals surface area contributed by atoms with Gasteiger partial charge in [-0.05, 0) is 36.2 Å². The summed E-state index contributed by atoms with van der Waals surface area (Å²) in [5, 5.41) is 15.9. The lowest BCUT2D eigenvalue weighted by Crippen LogP contribution is -2.46. The molecule has 43 heavy (non-hydrogen) atoms. The topological polar surface area (TPSA) is 152 Å². The first-order chi connectivity index (χ1) is 20.7. The molecule has 2 amide bonds. The van der Waals surface area contributed by atoms with E-state index in [9.17, 15) is 19.1 Å². The number of halogens is 2. The number of carbonyl (C=O) groups excluding carboxylic acids is 2.